The lowest BCUT2D eigenvalue weighted by Crippen LogP contribution is -2.47. The molecule has 0 bridgehead atoms. The van der Waals surface area contributed by atoms with Crippen molar-refractivity contribution in [3.63, 3.8) is 0 Å². The van der Waals surface area contributed by atoms with Crippen molar-refractivity contribution in [2.45, 2.75) is 6.54 Å². The van der Waals surface area contributed by atoms with Gasteiger partial charge in [-0.1, -0.05) is 45.6 Å². The Kier molecular flexibility index (Phi) is 6.14. The molecule has 5 heteroatoms. The molecule has 0 unspecified atom stereocenters. The van der Waals surface area contributed by atoms with Crippen LogP contribution in [0.4, 0.5) is 0 Å². The topological polar surface area (TPSA) is 23.6 Å². The summed E-state index contributed by atoms with van der Waals surface area (Å²) in [6.07, 6.45) is 0. The van der Waals surface area contributed by atoms with E-state index in [0.29, 0.717) is 18.1 Å². The Morgan fingerprint density at radius 1 is 1.00 bits per heavy atom. The van der Waals surface area contributed by atoms with Crippen molar-refractivity contribution in [3.8, 4) is 11.8 Å². The average Bonchev–Trinajstić information content (AvgIpc) is 2.63. The van der Waals surface area contributed by atoms with E-state index < -0.39 is 0 Å². The predicted molar refractivity (Wildman–Crippen MR) is 104 cm³/mol. The largest absolute Gasteiger partial charge is 0.329 e. The molecule has 3 nitrogen and oxygen atoms in total. The first-order valence-electron chi connectivity index (χ1n) is 8.13. The summed E-state index contributed by atoms with van der Waals surface area (Å²) in [5.74, 6) is 5.52. The molecule has 1 fully saturated rings. The quantitative estimate of drug-likeness (QED) is 0.694. The van der Waals surface area contributed by atoms with E-state index in [0.717, 1.165) is 29.7 Å². The van der Waals surface area contributed by atoms with Gasteiger partial charge >= 0.3 is 0 Å². The standard InChI is InChI=1S/C20H18BrClN2O/c21-18-6-1-17(2-7-18)15-23-11-13-24(14-12-23)20(25)10-5-16-3-8-19(22)9-4-16/h1-4,6-9H,11-15H2. The maximum absolute atomic E-state index is 12.2. The fourth-order valence-corrected chi connectivity index (χ4v) is 3.09. The number of nitrogens with zero attached hydrogens (tertiary/aromatic N) is 2. The van der Waals surface area contributed by atoms with E-state index in [1.54, 1.807) is 12.1 Å². The molecule has 128 valence electrons. The van der Waals surface area contributed by atoms with Crippen molar-refractivity contribution < 1.29 is 4.79 Å². The Labute approximate surface area is 161 Å². The number of piperazine rings is 1. The highest BCUT2D eigenvalue weighted by Gasteiger charge is 2.19. The van der Waals surface area contributed by atoms with Crippen LogP contribution < -0.4 is 0 Å². The van der Waals surface area contributed by atoms with E-state index in [1.807, 2.05) is 17.0 Å². The van der Waals surface area contributed by atoms with Crippen LogP contribution in [0.15, 0.2) is 53.0 Å². The predicted octanol–water partition coefficient (Wildman–Crippen LogP) is 3.80. The van der Waals surface area contributed by atoms with Crippen molar-refractivity contribution >= 4 is 33.4 Å². The molecule has 0 spiro atoms. The van der Waals surface area contributed by atoms with Crippen molar-refractivity contribution in [2.24, 2.45) is 0 Å². The van der Waals surface area contributed by atoms with Gasteiger partial charge in [0.1, 0.15) is 0 Å². The summed E-state index contributed by atoms with van der Waals surface area (Å²) in [6.45, 7) is 4.07. The molecule has 0 radical (unpaired) electrons. The van der Waals surface area contributed by atoms with Gasteiger partial charge in [-0.25, -0.2) is 0 Å². The molecule has 2 aromatic carbocycles. The Morgan fingerprint density at radius 2 is 1.64 bits per heavy atom. The van der Waals surface area contributed by atoms with Crippen LogP contribution in [0.3, 0.4) is 0 Å². The van der Waals surface area contributed by atoms with Crippen molar-refractivity contribution in [1.29, 1.82) is 0 Å². The van der Waals surface area contributed by atoms with E-state index in [9.17, 15) is 4.79 Å². The van der Waals surface area contributed by atoms with Gasteiger partial charge in [0.25, 0.3) is 5.91 Å². The first-order valence-corrected chi connectivity index (χ1v) is 9.30. The minimum atomic E-state index is -0.113. The lowest BCUT2D eigenvalue weighted by Gasteiger charge is -2.33. The smallest absolute Gasteiger partial charge is 0.298 e. The molecule has 0 aliphatic carbocycles. The number of amides is 1. The van der Waals surface area contributed by atoms with E-state index in [1.165, 1.54) is 5.56 Å². The molecule has 1 amide bonds. The molecular formula is C20H18BrClN2O. The molecule has 1 aliphatic rings. The van der Waals surface area contributed by atoms with Crippen molar-refractivity contribution in [1.82, 2.24) is 9.80 Å². The van der Waals surface area contributed by atoms with Gasteiger partial charge in [0.2, 0.25) is 0 Å². The highest BCUT2D eigenvalue weighted by molar-refractivity contribution is 9.10. The second kappa shape index (κ2) is 8.53. The number of carbonyl (C=O) groups is 1. The van der Waals surface area contributed by atoms with Gasteiger partial charge in [-0.05, 0) is 42.0 Å². The monoisotopic (exact) mass is 416 g/mol. The summed E-state index contributed by atoms with van der Waals surface area (Å²) in [5.41, 5.74) is 2.08. The Hall–Kier alpha value is -1.80. The molecule has 0 saturated carbocycles. The van der Waals surface area contributed by atoms with Gasteiger partial charge in [0.15, 0.2) is 0 Å². The van der Waals surface area contributed by atoms with Crippen LogP contribution in [0.25, 0.3) is 0 Å². The third kappa shape index (κ3) is 5.34. The van der Waals surface area contributed by atoms with Crippen molar-refractivity contribution in [2.75, 3.05) is 26.2 Å². The van der Waals surface area contributed by atoms with Crippen LogP contribution in [0.5, 0.6) is 0 Å². The molecule has 0 aromatic heterocycles. The molecule has 1 saturated heterocycles. The molecule has 0 N–H and O–H groups in total. The highest BCUT2D eigenvalue weighted by atomic mass is 79.9. The van der Waals surface area contributed by atoms with Crippen LogP contribution in [0.2, 0.25) is 5.02 Å². The SMILES string of the molecule is O=C(C#Cc1ccc(Cl)cc1)N1CCN(Cc2ccc(Br)cc2)CC1. The number of hydrogen-bond acceptors (Lipinski definition) is 2. The van der Waals surface area contributed by atoms with Crippen LogP contribution >= 0.6 is 27.5 Å². The summed E-state index contributed by atoms with van der Waals surface area (Å²) < 4.78 is 1.09. The number of rotatable bonds is 2. The van der Waals surface area contributed by atoms with E-state index in [-0.39, 0.29) is 5.91 Å². The zero-order valence-corrected chi connectivity index (χ0v) is 16.1. The summed E-state index contributed by atoms with van der Waals surface area (Å²) in [5, 5.41) is 0.666. The fourth-order valence-electron chi connectivity index (χ4n) is 2.70. The number of hydrogen-bond donors (Lipinski definition) is 0. The van der Waals surface area contributed by atoms with Gasteiger partial charge in [-0.15, -0.1) is 0 Å². The number of carbonyl (C=O) groups excluding carboxylic acids is 1. The van der Waals surface area contributed by atoms with E-state index in [4.69, 9.17) is 11.6 Å². The summed E-state index contributed by atoms with van der Waals surface area (Å²) in [7, 11) is 0. The van der Waals surface area contributed by atoms with E-state index in [2.05, 4.69) is 56.9 Å². The lowest BCUT2D eigenvalue weighted by atomic mass is 10.2. The summed E-state index contributed by atoms with van der Waals surface area (Å²) in [6, 6.07) is 15.5. The van der Waals surface area contributed by atoms with Crippen LogP contribution in [0, 0.1) is 11.8 Å². The fraction of sp³-hybridized carbons (Fsp3) is 0.250. The molecular weight excluding hydrogens is 400 g/mol. The van der Waals surface area contributed by atoms with E-state index >= 15 is 0 Å². The maximum Gasteiger partial charge on any atom is 0.298 e. The highest BCUT2D eigenvalue weighted by Crippen LogP contribution is 2.13. The van der Waals surface area contributed by atoms with Gasteiger partial charge in [0, 0.05) is 53.7 Å². The molecule has 1 aliphatic heterocycles. The second-order valence-corrected chi connectivity index (χ2v) is 7.30. The van der Waals surface area contributed by atoms with Gasteiger partial charge in [-0.2, -0.15) is 0 Å². The first kappa shape index (κ1) is 18.0. The Morgan fingerprint density at radius 3 is 2.28 bits per heavy atom. The zero-order valence-electron chi connectivity index (χ0n) is 13.7. The molecule has 2 aromatic rings. The zero-order chi connectivity index (χ0) is 17.6. The van der Waals surface area contributed by atoms with Gasteiger partial charge in [0.05, 0.1) is 0 Å². The molecule has 1 heterocycles. The lowest BCUT2D eigenvalue weighted by molar-refractivity contribution is -0.126. The Balaban J connectivity index is 1.51. The molecule has 0 atom stereocenters. The normalized spacial score (nSPS) is 14.7. The third-order valence-corrected chi connectivity index (χ3v) is 4.92. The van der Waals surface area contributed by atoms with Crippen molar-refractivity contribution in [3.05, 3.63) is 69.2 Å². The Bertz CT molecular complexity index is 785. The van der Waals surface area contributed by atoms with Gasteiger partial charge < -0.3 is 4.90 Å². The third-order valence-electron chi connectivity index (χ3n) is 4.14. The van der Waals surface area contributed by atoms with Crippen LogP contribution in [-0.4, -0.2) is 41.9 Å². The molecule has 25 heavy (non-hydrogen) atoms. The minimum Gasteiger partial charge on any atom is -0.329 e. The number of benzene rings is 2. The van der Waals surface area contributed by atoms with Gasteiger partial charge in [-0.3, -0.25) is 9.69 Å². The first-order chi connectivity index (χ1) is 12.1. The van der Waals surface area contributed by atoms with Crippen LogP contribution in [-0.2, 0) is 11.3 Å². The second-order valence-electron chi connectivity index (χ2n) is 5.95. The average molecular weight is 418 g/mol. The maximum atomic E-state index is 12.2. The molecule has 3 rings (SSSR count). The van der Waals surface area contributed by atoms with Crippen LogP contribution in [0.1, 0.15) is 11.1 Å². The summed E-state index contributed by atoms with van der Waals surface area (Å²) in [4.78, 5) is 16.4. The number of halogens is 2. The minimum absolute atomic E-state index is 0.113. The summed E-state index contributed by atoms with van der Waals surface area (Å²) >= 11 is 9.30.